The molecule has 9 heteroatoms. The van der Waals surface area contributed by atoms with Crippen molar-refractivity contribution < 1.29 is 14.0 Å². The first-order valence-electron chi connectivity index (χ1n) is 12.4. The molecule has 6 rings (SSSR count). The van der Waals surface area contributed by atoms with Crippen molar-refractivity contribution in [2.24, 2.45) is 5.92 Å². The average Bonchev–Trinajstić information content (AvgIpc) is 3.46. The van der Waals surface area contributed by atoms with E-state index in [1.54, 1.807) is 12.3 Å². The number of amides is 2. The van der Waals surface area contributed by atoms with E-state index in [1.807, 2.05) is 26.0 Å². The molecular weight excluding hydrogens is 487 g/mol. The molecule has 35 heavy (non-hydrogen) atoms. The molecule has 0 saturated heterocycles. The van der Waals surface area contributed by atoms with Crippen molar-refractivity contribution >= 4 is 40.4 Å². The van der Waals surface area contributed by atoms with Crippen LogP contribution in [0.15, 0.2) is 24.4 Å². The zero-order valence-electron chi connectivity index (χ0n) is 20.1. The second kappa shape index (κ2) is 9.36. The molecule has 4 saturated carbocycles. The summed E-state index contributed by atoms with van der Waals surface area (Å²) in [5, 5.41) is 10.0. The molecule has 2 amide bonds. The Morgan fingerprint density at radius 3 is 2.66 bits per heavy atom. The van der Waals surface area contributed by atoms with E-state index in [1.165, 1.54) is 24.2 Å². The number of thiophene rings is 1. The van der Waals surface area contributed by atoms with Crippen LogP contribution in [0.2, 0.25) is 5.02 Å². The van der Waals surface area contributed by atoms with Crippen LogP contribution in [0.4, 0.5) is 10.1 Å². The van der Waals surface area contributed by atoms with Crippen molar-refractivity contribution in [3.63, 3.8) is 0 Å². The number of aromatic nitrogens is 1. The smallest absolute Gasteiger partial charge is 0.262 e. The lowest BCUT2D eigenvalue weighted by Crippen LogP contribution is -2.77. The Morgan fingerprint density at radius 1 is 1.26 bits per heavy atom. The van der Waals surface area contributed by atoms with Crippen LogP contribution in [0.5, 0.6) is 0 Å². The lowest BCUT2D eigenvalue weighted by atomic mass is 9.47. The Hall–Kier alpha value is -2.19. The number of rotatable bonds is 9. The molecule has 2 heterocycles. The van der Waals surface area contributed by atoms with Crippen molar-refractivity contribution in [3.8, 4) is 0 Å². The predicted molar refractivity (Wildman–Crippen MR) is 137 cm³/mol. The highest BCUT2D eigenvalue weighted by Crippen LogP contribution is 2.62. The molecule has 0 aromatic carbocycles. The van der Waals surface area contributed by atoms with Crippen LogP contribution in [-0.2, 0) is 4.79 Å². The van der Waals surface area contributed by atoms with Crippen molar-refractivity contribution in [3.05, 3.63) is 44.9 Å². The Labute approximate surface area is 214 Å². The van der Waals surface area contributed by atoms with Gasteiger partial charge < -0.3 is 16.0 Å². The lowest BCUT2D eigenvalue weighted by Gasteiger charge is -2.65. The molecule has 2 aromatic heterocycles. The molecule has 4 aliphatic carbocycles. The number of aryl methyl sites for hydroxylation is 1. The number of carbonyl (C=O) groups excluding carboxylic acids is 2. The standard InChI is InChI=1S/C26H32ClFN4O2S/c1-15-19(10-18(27)11-29-15)30-16(2)21-7-8-22(35-21)24(34)31-20(9-17-5-3-4-6-17)23(33)32-26-12-25(28,13-26)14-26/h7-8,10-11,16-17,20,30H,3-6,9,12-14H2,1-2H3,(H,31,34)(H,32,33)/t16-,20-,25?,26?/m0/s1. The summed E-state index contributed by atoms with van der Waals surface area (Å²) in [4.78, 5) is 32.1. The molecule has 0 radical (unpaired) electrons. The molecule has 3 N–H and O–H groups in total. The van der Waals surface area contributed by atoms with Gasteiger partial charge in [0.15, 0.2) is 0 Å². The fourth-order valence-electron chi connectivity index (χ4n) is 5.85. The van der Waals surface area contributed by atoms with Crippen LogP contribution in [0.3, 0.4) is 0 Å². The summed E-state index contributed by atoms with van der Waals surface area (Å²) in [5.41, 5.74) is 0.227. The highest BCUT2D eigenvalue weighted by Gasteiger charge is 2.70. The zero-order valence-corrected chi connectivity index (χ0v) is 21.7. The number of hydrogen-bond donors (Lipinski definition) is 3. The number of alkyl halides is 1. The minimum absolute atomic E-state index is 0.0459. The van der Waals surface area contributed by atoms with Gasteiger partial charge in [-0.1, -0.05) is 37.3 Å². The van der Waals surface area contributed by atoms with Gasteiger partial charge in [0.05, 0.1) is 27.3 Å². The van der Waals surface area contributed by atoms with Crippen LogP contribution in [-0.4, -0.2) is 34.0 Å². The first-order chi connectivity index (χ1) is 16.6. The second-order valence-corrected chi connectivity index (χ2v) is 12.3. The summed E-state index contributed by atoms with van der Waals surface area (Å²) < 4.78 is 13.9. The Kier molecular flexibility index (Phi) is 6.55. The molecule has 0 aliphatic heterocycles. The third-order valence-electron chi connectivity index (χ3n) is 7.72. The molecule has 188 valence electrons. The van der Waals surface area contributed by atoms with E-state index < -0.39 is 17.2 Å². The summed E-state index contributed by atoms with van der Waals surface area (Å²) in [6.07, 6.45) is 7.95. The second-order valence-electron chi connectivity index (χ2n) is 10.7. The topological polar surface area (TPSA) is 83.1 Å². The molecule has 4 aliphatic rings. The third kappa shape index (κ3) is 5.19. The van der Waals surface area contributed by atoms with Gasteiger partial charge in [-0.2, -0.15) is 0 Å². The first kappa shape index (κ1) is 24.5. The van der Waals surface area contributed by atoms with Gasteiger partial charge in [0.25, 0.3) is 5.91 Å². The van der Waals surface area contributed by atoms with Crippen LogP contribution in [0.1, 0.15) is 84.6 Å². The summed E-state index contributed by atoms with van der Waals surface area (Å²) >= 11 is 7.49. The van der Waals surface area contributed by atoms with Crippen molar-refractivity contribution in [1.82, 2.24) is 15.6 Å². The Morgan fingerprint density at radius 2 is 1.97 bits per heavy atom. The Bertz CT molecular complexity index is 1110. The quantitative estimate of drug-likeness (QED) is 0.396. The number of halogens is 2. The van der Waals surface area contributed by atoms with Crippen molar-refractivity contribution in [1.29, 1.82) is 0 Å². The number of hydrogen-bond acceptors (Lipinski definition) is 5. The van der Waals surface area contributed by atoms with E-state index in [2.05, 4.69) is 20.9 Å². The van der Waals surface area contributed by atoms with E-state index in [9.17, 15) is 14.0 Å². The van der Waals surface area contributed by atoms with E-state index in [0.29, 0.717) is 41.5 Å². The fraction of sp³-hybridized carbons (Fsp3) is 0.577. The van der Waals surface area contributed by atoms with Crippen LogP contribution in [0.25, 0.3) is 0 Å². The largest absolute Gasteiger partial charge is 0.376 e. The first-order valence-corrected chi connectivity index (χ1v) is 13.6. The van der Waals surface area contributed by atoms with Crippen LogP contribution < -0.4 is 16.0 Å². The van der Waals surface area contributed by atoms with Crippen LogP contribution in [0, 0.1) is 12.8 Å². The summed E-state index contributed by atoms with van der Waals surface area (Å²) in [5.74, 6) is 0.0127. The molecule has 2 aromatic rings. The number of nitrogens with one attached hydrogen (secondary N) is 3. The highest BCUT2D eigenvalue weighted by atomic mass is 35.5. The van der Waals surface area contributed by atoms with Crippen molar-refractivity contribution in [2.45, 2.75) is 88.5 Å². The molecule has 2 bridgehead atoms. The molecule has 0 unspecified atom stereocenters. The SMILES string of the molecule is Cc1ncc(Cl)cc1N[C@@H](C)c1ccc(C(=O)N[C@@H](CC2CCCC2)C(=O)NC23CC(F)(C2)C3)s1. The third-order valence-corrected chi connectivity index (χ3v) is 9.20. The summed E-state index contributed by atoms with van der Waals surface area (Å²) in [6, 6.07) is 4.92. The zero-order chi connectivity index (χ0) is 24.8. The minimum Gasteiger partial charge on any atom is -0.376 e. The summed E-state index contributed by atoms with van der Waals surface area (Å²) in [7, 11) is 0. The molecule has 6 nitrogen and oxygen atoms in total. The monoisotopic (exact) mass is 518 g/mol. The lowest BCUT2D eigenvalue weighted by molar-refractivity contribution is -0.176. The van der Waals surface area contributed by atoms with Gasteiger partial charge >= 0.3 is 0 Å². The van der Waals surface area contributed by atoms with Gasteiger partial charge in [-0.25, -0.2) is 4.39 Å². The highest BCUT2D eigenvalue weighted by molar-refractivity contribution is 7.14. The number of anilines is 1. The number of carbonyl (C=O) groups is 2. The predicted octanol–water partition coefficient (Wildman–Crippen LogP) is 5.72. The van der Waals surface area contributed by atoms with E-state index >= 15 is 0 Å². The van der Waals surface area contributed by atoms with Crippen molar-refractivity contribution in [2.75, 3.05) is 5.32 Å². The maximum atomic E-state index is 13.9. The maximum Gasteiger partial charge on any atom is 0.262 e. The van der Waals surface area contributed by atoms with E-state index in [0.717, 1.165) is 29.1 Å². The normalized spacial score (nSPS) is 26.9. The number of nitrogens with zero attached hydrogens (tertiary/aromatic N) is 1. The Balaban J connectivity index is 1.23. The molecule has 4 fully saturated rings. The van der Waals surface area contributed by atoms with E-state index in [-0.39, 0.29) is 17.9 Å². The van der Waals surface area contributed by atoms with Gasteiger partial charge in [0.2, 0.25) is 5.91 Å². The average molecular weight is 519 g/mol. The molecule has 2 atom stereocenters. The van der Waals surface area contributed by atoms with Gasteiger partial charge in [-0.15, -0.1) is 11.3 Å². The summed E-state index contributed by atoms with van der Waals surface area (Å²) in [6.45, 7) is 3.93. The number of pyridine rings is 1. The molecule has 0 spiro atoms. The van der Waals surface area contributed by atoms with Gasteiger partial charge in [0.1, 0.15) is 11.7 Å². The van der Waals surface area contributed by atoms with Gasteiger partial charge in [0, 0.05) is 35.9 Å². The molecular formula is C26H32ClFN4O2S. The van der Waals surface area contributed by atoms with Crippen LogP contribution >= 0.6 is 22.9 Å². The van der Waals surface area contributed by atoms with E-state index in [4.69, 9.17) is 11.6 Å². The van der Waals surface area contributed by atoms with Gasteiger partial charge in [-0.05, 0) is 44.4 Å². The van der Waals surface area contributed by atoms with Gasteiger partial charge in [-0.3, -0.25) is 14.6 Å². The minimum atomic E-state index is -1.07. The fourth-order valence-corrected chi connectivity index (χ4v) is 6.92. The maximum absolute atomic E-state index is 13.9.